The van der Waals surface area contributed by atoms with Crippen LogP contribution in [0.15, 0.2) is 54.6 Å². The zero-order chi connectivity index (χ0) is 14.7. The van der Waals surface area contributed by atoms with Gasteiger partial charge in [-0.3, -0.25) is 0 Å². The number of halogens is 1. The molecule has 0 atom stereocenters. The summed E-state index contributed by atoms with van der Waals surface area (Å²) in [6.45, 7) is 2.51. The summed E-state index contributed by atoms with van der Waals surface area (Å²) in [6.07, 6.45) is 0. The molecule has 0 unspecified atom stereocenters. The van der Waals surface area contributed by atoms with E-state index in [2.05, 4.69) is 11.1 Å². The Morgan fingerprint density at radius 2 is 1.71 bits per heavy atom. The Bertz CT molecular complexity index is 753. The molecule has 2 aromatic carbocycles. The van der Waals surface area contributed by atoms with E-state index in [1.54, 1.807) is 0 Å². The van der Waals surface area contributed by atoms with Crippen LogP contribution in [-0.2, 0) is 12.5 Å². The fourth-order valence-corrected chi connectivity index (χ4v) is 2.40. The van der Waals surface area contributed by atoms with Crippen LogP contribution in [0.1, 0.15) is 16.8 Å². The number of ether oxygens (including phenoxy) is 1. The molecule has 0 fully saturated rings. The maximum absolute atomic E-state index is 5.94. The van der Waals surface area contributed by atoms with Crippen LogP contribution in [0.25, 0.3) is 10.9 Å². The minimum atomic E-state index is 0.525. The molecule has 3 heteroatoms. The molecule has 0 aliphatic heterocycles. The van der Waals surface area contributed by atoms with Crippen LogP contribution in [0.3, 0.4) is 0 Å². The van der Waals surface area contributed by atoms with Gasteiger partial charge in [0.1, 0.15) is 17.9 Å². The quantitative estimate of drug-likeness (QED) is 0.642. The highest BCUT2D eigenvalue weighted by molar-refractivity contribution is 6.17. The first-order valence-corrected chi connectivity index (χ1v) is 7.42. The average Bonchev–Trinajstić information content (AvgIpc) is 2.53. The Morgan fingerprint density at radius 3 is 2.48 bits per heavy atom. The second kappa shape index (κ2) is 6.15. The predicted molar refractivity (Wildman–Crippen MR) is 86.8 cm³/mol. The molecule has 0 aliphatic rings. The summed E-state index contributed by atoms with van der Waals surface area (Å²) in [5.74, 6) is 1.35. The summed E-state index contributed by atoms with van der Waals surface area (Å²) in [6, 6.07) is 18.2. The molecule has 3 aromatic rings. The van der Waals surface area contributed by atoms with E-state index >= 15 is 0 Å². The van der Waals surface area contributed by atoms with E-state index in [1.807, 2.05) is 55.5 Å². The van der Waals surface area contributed by atoms with Gasteiger partial charge in [0.25, 0.3) is 0 Å². The van der Waals surface area contributed by atoms with Crippen LogP contribution in [-0.4, -0.2) is 4.98 Å². The van der Waals surface area contributed by atoms with E-state index in [-0.39, 0.29) is 0 Å². The molecule has 1 aromatic heterocycles. The topological polar surface area (TPSA) is 22.1 Å². The number of aromatic nitrogens is 1. The molecule has 0 amide bonds. The first-order valence-electron chi connectivity index (χ1n) is 6.89. The Hall–Kier alpha value is -2.06. The van der Waals surface area contributed by atoms with Crippen LogP contribution in [0, 0.1) is 6.92 Å². The molecule has 0 radical (unpaired) electrons. The van der Waals surface area contributed by atoms with Crippen LogP contribution >= 0.6 is 11.6 Å². The molecule has 0 spiro atoms. The summed E-state index contributed by atoms with van der Waals surface area (Å²) in [7, 11) is 0. The number of rotatable bonds is 4. The highest BCUT2D eigenvalue weighted by atomic mass is 35.5. The number of para-hydroxylation sites is 1. The second-order valence-electron chi connectivity index (χ2n) is 5.02. The van der Waals surface area contributed by atoms with Gasteiger partial charge in [0.15, 0.2) is 0 Å². The standard InChI is InChI=1S/C18H16ClNO/c1-13-5-10-16-3-2-4-17(18(16)20-13)21-12-15-8-6-14(11-19)7-9-15/h2-10H,11-12H2,1H3. The highest BCUT2D eigenvalue weighted by Gasteiger charge is 2.04. The molecule has 0 bridgehead atoms. The van der Waals surface area contributed by atoms with Crippen LogP contribution < -0.4 is 4.74 Å². The van der Waals surface area contributed by atoms with Crippen LogP contribution in [0.4, 0.5) is 0 Å². The summed E-state index contributed by atoms with van der Waals surface area (Å²) in [5, 5.41) is 1.09. The van der Waals surface area contributed by atoms with E-state index < -0.39 is 0 Å². The number of alkyl halides is 1. The first-order chi connectivity index (χ1) is 10.3. The Morgan fingerprint density at radius 1 is 0.952 bits per heavy atom. The third-order valence-electron chi connectivity index (χ3n) is 3.39. The Labute approximate surface area is 129 Å². The maximum atomic E-state index is 5.94. The lowest BCUT2D eigenvalue weighted by Crippen LogP contribution is -1.97. The Balaban J connectivity index is 1.82. The predicted octanol–water partition coefficient (Wildman–Crippen LogP) is 4.86. The van der Waals surface area contributed by atoms with Gasteiger partial charge in [0.05, 0.1) is 0 Å². The lowest BCUT2D eigenvalue weighted by Gasteiger charge is -2.09. The van der Waals surface area contributed by atoms with Crippen molar-refractivity contribution in [3.63, 3.8) is 0 Å². The van der Waals surface area contributed by atoms with E-state index in [0.717, 1.165) is 33.5 Å². The molecule has 3 rings (SSSR count). The molecule has 0 aliphatic carbocycles. The third kappa shape index (κ3) is 3.17. The van der Waals surface area contributed by atoms with E-state index in [4.69, 9.17) is 16.3 Å². The molecular formula is C18H16ClNO. The van der Waals surface area contributed by atoms with Gasteiger partial charge in [0.2, 0.25) is 0 Å². The van der Waals surface area contributed by atoms with Crippen molar-refractivity contribution in [2.24, 2.45) is 0 Å². The van der Waals surface area contributed by atoms with Crippen LogP contribution in [0.2, 0.25) is 0 Å². The van der Waals surface area contributed by atoms with Gasteiger partial charge in [0, 0.05) is 17.0 Å². The number of nitrogens with zero attached hydrogens (tertiary/aromatic N) is 1. The fourth-order valence-electron chi connectivity index (χ4n) is 2.22. The summed E-state index contributed by atoms with van der Waals surface area (Å²) < 4.78 is 5.94. The first kappa shape index (κ1) is 13.9. The fraction of sp³-hybridized carbons (Fsp3) is 0.167. The van der Waals surface area contributed by atoms with E-state index in [0.29, 0.717) is 12.5 Å². The molecule has 0 saturated carbocycles. The van der Waals surface area contributed by atoms with Crippen molar-refractivity contribution in [1.29, 1.82) is 0 Å². The van der Waals surface area contributed by atoms with Gasteiger partial charge in [-0.05, 0) is 30.2 Å². The summed E-state index contributed by atoms with van der Waals surface area (Å²) in [4.78, 5) is 4.57. The molecule has 21 heavy (non-hydrogen) atoms. The van der Waals surface area contributed by atoms with Crippen molar-refractivity contribution < 1.29 is 4.74 Å². The largest absolute Gasteiger partial charge is 0.487 e. The summed E-state index contributed by atoms with van der Waals surface area (Å²) in [5.41, 5.74) is 4.14. The van der Waals surface area contributed by atoms with Crippen molar-refractivity contribution >= 4 is 22.5 Å². The smallest absolute Gasteiger partial charge is 0.146 e. The van der Waals surface area contributed by atoms with Gasteiger partial charge in [-0.1, -0.05) is 42.5 Å². The van der Waals surface area contributed by atoms with E-state index in [1.165, 1.54) is 0 Å². The molecule has 106 valence electrons. The summed E-state index contributed by atoms with van der Waals surface area (Å²) >= 11 is 5.79. The molecular weight excluding hydrogens is 282 g/mol. The van der Waals surface area contributed by atoms with Crippen LogP contribution in [0.5, 0.6) is 5.75 Å². The monoisotopic (exact) mass is 297 g/mol. The van der Waals surface area contributed by atoms with Crippen molar-refractivity contribution in [1.82, 2.24) is 4.98 Å². The SMILES string of the molecule is Cc1ccc2cccc(OCc3ccc(CCl)cc3)c2n1. The van der Waals surface area contributed by atoms with Gasteiger partial charge < -0.3 is 4.74 Å². The Kier molecular flexibility index (Phi) is 4.07. The van der Waals surface area contributed by atoms with Crippen molar-refractivity contribution in [2.75, 3.05) is 0 Å². The van der Waals surface area contributed by atoms with E-state index in [9.17, 15) is 0 Å². The average molecular weight is 298 g/mol. The number of hydrogen-bond donors (Lipinski definition) is 0. The molecule has 2 nitrogen and oxygen atoms in total. The zero-order valence-electron chi connectivity index (χ0n) is 11.8. The minimum Gasteiger partial charge on any atom is -0.487 e. The number of benzene rings is 2. The van der Waals surface area contributed by atoms with Gasteiger partial charge >= 0.3 is 0 Å². The zero-order valence-corrected chi connectivity index (χ0v) is 12.6. The van der Waals surface area contributed by atoms with Gasteiger partial charge in [-0.2, -0.15) is 0 Å². The maximum Gasteiger partial charge on any atom is 0.146 e. The molecule has 1 heterocycles. The molecule has 0 N–H and O–H groups in total. The normalized spacial score (nSPS) is 10.8. The highest BCUT2D eigenvalue weighted by Crippen LogP contribution is 2.24. The van der Waals surface area contributed by atoms with Crippen molar-refractivity contribution in [2.45, 2.75) is 19.4 Å². The lowest BCUT2D eigenvalue weighted by molar-refractivity contribution is 0.309. The van der Waals surface area contributed by atoms with Crippen molar-refractivity contribution in [3.8, 4) is 5.75 Å². The van der Waals surface area contributed by atoms with Crippen molar-refractivity contribution in [3.05, 3.63) is 71.4 Å². The second-order valence-corrected chi connectivity index (χ2v) is 5.29. The van der Waals surface area contributed by atoms with Gasteiger partial charge in [-0.25, -0.2) is 4.98 Å². The van der Waals surface area contributed by atoms with Gasteiger partial charge in [-0.15, -0.1) is 11.6 Å². The third-order valence-corrected chi connectivity index (χ3v) is 3.70. The number of hydrogen-bond acceptors (Lipinski definition) is 2. The lowest BCUT2D eigenvalue weighted by atomic mass is 10.1. The molecule has 0 saturated heterocycles. The number of pyridine rings is 1. The number of aryl methyl sites for hydroxylation is 1. The number of fused-ring (bicyclic) bond motifs is 1. The minimum absolute atomic E-state index is 0.525.